The molecule has 0 N–H and O–H groups in total. The number of allylic oxidation sites excluding steroid dienone is 11. The molecule has 0 saturated heterocycles. The average Bonchev–Trinajstić information content (AvgIpc) is 3.06. The lowest BCUT2D eigenvalue weighted by Gasteiger charge is -2.19. The van der Waals surface area contributed by atoms with Crippen LogP contribution >= 0.6 is 15.9 Å². The molecule has 0 aliphatic heterocycles. The van der Waals surface area contributed by atoms with Crippen LogP contribution in [0.2, 0.25) is 0 Å². The first-order valence-electron chi connectivity index (χ1n) is 12.9. The minimum Gasteiger partial charge on any atom is -0.213 e. The Balaban J connectivity index is 0.000000521. The number of rotatable bonds is 5. The number of halogens is 1. The van der Waals surface area contributed by atoms with E-state index in [-0.39, 0.29) is 11.3 Å². The molecule has 3 nitrogen and oxygen atoms in total. The van der Waals surface area contributed by atoms with Crippen molar-refractivity contribution in [1.29, 1.82) is 0 Å². The number of aromatic nitrogens is 3. The maximum Gasteiger partial charge on any atom is 0.163 e. The Morgan fingerprint density at radius 2 is 1.62 bits per heavy atom. The largest absolute Gasteiger partial charge is 0.213 e. The van der Waals surface area contributed by atoms with Crippen LogP contribution in [0.15, 0.2) is 90.0 Å². The Morgan fingerprint density at radius 3 is 2.16 bits per heavy atom. The fourth-order valence-corrected chi connectivity index (χ4v) is 3.80. The van der Waals surface area contributed by atoms with E-state index in [4.69, 9.17) is 15.0 Å². The monoisotopic (exact) mass is 559 g/mol. The van der Waals surface area contributed by atoms with Gasteiger partial charge in [0.25, 0.3) is 0 Å². The van der Waals surface area contributed by atoms with Crippen LogP contribution in [0.5, 0.6) is 0 Å². The molecule has 0 bridgehead atoms. The standard InChI is InChI=1S/C25H28BrN3.C8H14/c1-6-8-17(2)22-27-23(18-9-7-10-21(26)16-13-18)29-24(28-22)19-11-14-20(15-12-19)25(3,4)5;1-5-6-7-8(2,3)4/h6-12,14-17H,13H2,1-5H3;5-7H,1H2,2-4H3/b8-6-;7-6+. The first-order valence-corrected chi connectivity index (χ1v) is 13.7. The average molecular weight is 561 g/mol. The summed E-state index contributed by atoms with van der Waals surface area (Å²) in [6, 6.07) is 8.56. The summed E-state index contributed by atoms with van der Waals surface area (Å²) in [4.78, 5) is 14.4. The molecule has 1 aromatic heterocycles. The highest BCUT2D eigenvalue weighted by Gasteiger charge is 2.17. The predicted molar refractivity (Wildman–Crippen MR) is 165 cm³/mol. The summed E-state index contributed by atoms with van der Waals surface area (Å²) in [6.45, 7) is 20.8. The summed E-state index contributed by atoms with van der Waals surface area (Å²) in [5.41, 5.74) is 3.81. The molecule has 1 aliphatic rings. The number of hydrogen-bond acceptors (Lipinski definition) is 3. The zero-order valence-corrected chi connectivity index (χ0v) is 25.3. The second kappa shape index (κ2) is 13.6. The van der Waals surface area contributed by atoms with Gasteiger partial charge in [0.15, 0.2) is 11.6 Å². The maximum absolute atomic E-state index is 4.84. The predicted octanol–water partition coefficient (Wildman–Crippen LogP) is 9.91. The van der Waals surface area contributed by atoms with Gasteiger partial charge in [0.1, 0.15) is 5.82 Å². The zero-order valence-electron chi connectivity index (χ0n) is 23.7. The SMILES string of the molecule is C/C=C\C(C)c1nc(C2=CC=CC(Br)=CC2)nc(-c2ccc(C(C)(C)C)cc2)n1.C=C/C=C/C(C)(C)C. The molecule has 0 saturated carbocycles. The lowest BCUT2D eigenvalue weighted by atomic mass is 9.86. The van der Waals surface area contributed by atoms with Gasteiger partial charge in [-0.15, -0.1) is 0 Å². The van der Waals surface area contributed by atoms with Crippen molar-refractivity contribution in [3.63, 3.8) is 0 Å². The highest BCUT2D eigenvalue weighted by molar-refractivity contribution is 9.11. The van der Waals surface area contributed by atoms with Gasteiger partial charge in [0, 0.05) is 21.5 Å². The molecular formula is C33H42BrN3. The van der Waals surface area contributed by atoms with Gasteiger partial charge in [-0.25, -0.2) is 15.0 Å². The molecule has 0 fully saturated rings. The topological polar surface area (TPSA) is 38.7 Å². The van der Waals surface area contributed by atoms with Crippen LogP contribution in [0.25, 0.3) is 17.0 Å². The molecule has 1 aromatic carbocycles. The van der Waals surface area contributed by atoms with Gasteiger partial charge in [0.05, 0.1) is 0 Å². The van der Waals surface area contributed by atoms with E-state index in [1.807, 2.05) is 31.2 Å². The molecule has 0 amide bonds. The van der Waals surface area contributed by atoms with E-state index in [9.17, 15) is 0 Å². The summed E-state index contributed by atoms with van der Waals surface area (Å²) in [6.07, 6.45) is 19.1. The van der Waals surface area contributed by atoms with Crippen LogP contribution in [-0.2, 0) is 5.41 Å². The summed E-state index contributed by atoms with van der Waals surface area (Å²) >= 11 is 3.55. The molecule has 0 spiro atoms. The van der Waals surface area contributed by atoms with E-state index in [1.165, 1.54) is 5.56 Å². The molecule has 1 atom stereocenters. The van der Waals surface area contributed by atoms with Crippen LogP contribution in [0.3, 0.4) is 0 Å². The third-order valence-corrected chi connectivity index (χ3v) is 6.23. The quantitative estimate of drug-likeness (QED) is 0.270. The Kier molecular flexibility index (Phi) is 11.2. The van der Waals surface area contributed by atoms with E-state index >= 15 is 0 Å². The Hall–Kier alpha value is -2.85. The van der Waals surface area contributed by atoms with E-state index in [1.54, 1.807) is 6.08 Å². The zero-order chi connectivity index (χ0) is 27.6. The summed E-state index contributed by atoms with van der Waals surface area (Å²) < 4.78 is 1.07. The molecule has 196 valence electrons. The Bertz CT molecular complexity index is 1190. The number of hydrogen-bond donors (Lipinski definition) is 0. The van der Waals surface area contributed by atoms with Crippen molar-refractivity contribution in [3.8, 4) is 11.4 Å². The van der Waals surface area contributed by atoms with Crippen molar-refractivity contribution in [2.24, 2.45) is 5.41 Å². The summed E-state index contributed by atoms with van der Waals surface area (Å²) in [7, 11) is 0. The second-order valence-electron chi connectivity index (χ2n) is 11.3. The fourth-order valence-electron chi connectivity index (χ4n) is 3.48. The van der Waals surface area contributed by atoms with E-state index in [0.29, 0.717) is 5.41 Å². The minimum atomic E-state index is 0.117. The van der Waals surface area contributed by atoms with Crippen LogP contribution in [0.1, 0.15) is 84.9 Å². The van der Waals surface area contributed by atoms with Gasteiger partial charge < -0.3 is 0 Å². The minimum absolute atomic E-state index is 0.117. The van der Waals surface area contributed by atoms with Crippen LogP contribution in [0, 0.1) is 5.41 Å². The molecule has 1 unspecified atom stereocenters. The van der Waals surface area contributed by atoms with E-state index in [0.717, 1.165) is 39.5 Å². The van der Waals surface area contributed by atoms with Crippen LogP contribution in [0.4, 0.5) is 0 Å². The first-order chi connectivity index (χ1) is 17.3. The Morgan fingerprint density at radius 1 is 0.973 bits per heavy atom. The van der Waals surface area contributed by atoms with Crippen molar-refractivity contribution in [1.82, 2.24) is 15.0 Å². The number of benzene rings is 1. The molecule has 1 aliphatic carbocycles. The maximum atomic E-state index is 4.84. The normalized spacial score (nSPS) is 15.1. The Labute approximate surface area is 233 Å². The first kappa shape index (κ1) is 30.4. The van der Waals surface area contributed by atoms with Crippen molar-refractivity contribution in [3.05, 3.63) is 107 Å². The highest BCUT2D eigenvalue weighted by Crippen LogP contribution is 2.28. The van der Waals surface area contributed by atoms with Gasteiger partial charge in [-0.2, -0.15) is 0 Å². The van der Waals surface area contributed by atoms with Gasteiger partial charge in [-0.3, -0.25) is 0 Å². The molecule has 1 heterocycles. The lowest BCUT2D eigenvalue weighted by molar-refractivity contribution is 0.544. The van der Waals surface area contributed by atoms with Crippen molar-refractivity contribution < 1.29 is 0 Å². The van der Waals surface area contributed by atoms with Gasteiger partial charge in [-0.1, -0.05) is 144 Å². The summed E-state index contributed by atoms with van der Waals surface area (Å²) in [5.74, 6) is 2.38. The van der Waals surface area contributed by atoms with Crippen molar-refractivity contribution >= 4 is 21.5 Å². The smallest absolute Gasteiger partial charge is 0.163 e. The van der Waals surface area contributed by atoms with E-state index in [2.05, 4.69) is 120 Å². The number of nitrogens with zero attached hydrogens (tertiary/aromatic N) is 3. The fraction of sp³-hybridized carbons (Fsp3) is 0.364. The molecule has 0 radical (unpaired) electrons. The van der Waals surface area contributed by atoms with Gasteiger partial charge >= 0.3 is 0 Å². The molecule has 3 rings (SSSR count). The van der Waals surface area contributed by atoms with Gasteiger partial charge in [0.2, 0.25) is 0 Å². The third kappa shape index (κ3) is 10.2. The molecule has 4 heteroatoms. The molecule has 2 aromatic rings. The van der Waals surface area contributed by atoms with Gasteiger partial charge in [-0.05, 0) is 35.8 Å². The highest BCUT2D eigenvalue weighted by atomic mass is 79.9. The van der Waals surface area contributed by atoms with Crippen LogP contribution < -0.4 is 0 Å². The summed E-state index contributed by atoms with van der Waals surface area (Å²) in [5, 5.41) is 0. The van der Waals surface area contributed by atoms with Crippen molar-refractivity contribution in [2.75, 3.05) is 0 Å². The van der Waals surface area contributed by atoms with E-state index < -0.39 is 0 Å². The van der Waals surface area contributed by atoms with Crippen LogP contribution in [-0.4, -0.2) is 15.0 Å². The molecule has 37 heavy (non-hydrogen) atoms. The van der Waals surface area contributed by atoms with Crippen molar-refractivity contribution in [2.45, 2.75) is 73.1 Å². The lowest BCUT2D eigenvalue weighted by Crippen LogP contribution is -2.11. The second-order valence-corrected chi connectivity index (χ2v) is 12.2. The third-order valence-electron chi connectivity index (χ3n) is 5.64. The molecular weight excluding hydrogens is 518 g/mol.